The maximum atomic E-state index is 12.6. The summed E-state index contributed by atoms with van der Waals surface area (Å²) in [5.41, 5.74) is 3.74. The highest BCUT2D eigenvalue weighted by Gasteiger charge is 2.17. The molecule has 1 saturated heterocycles. The normalized spacial score (nSPS) is 14.8. The van der Waals surface area contributed by atoms with Crippen LogP contribution in [0.5, 0.6) is 0 Å². The van der Waals surface area contributed by atoms with Gasteiger partial charge in [0.25, 0.3) is 0 Å². The van der Waals surface area contributed by atoms with Gasteiger partial charge in [-0.15, -0.1) is 5.10 Å². The number of para-hydroxylation sites is 2. The minimum absolute atomic E-state index is 0.0308. The third kappa shape index (κ3) is 4.17. The summed E-state index contributed by atoms with van der Waals surface area (Å²) in [6, 6.07) is 15.6. The van der Waals surface area contributed by atoms with E-state index in [-0.39, 0.29) is 5.91 Å². The van der Waals surface area contributed by atoms with Gasteiger partial charge in [-0.3, -0.25) is 4.79 Å². The second kappa shape index (κ2) is 8.18. The number of carbonyl (C=O) groups excluding carboxylic acids is 1. The maximum Gasteiger partial charge on any atom is 0.228 e. The monoisotopic (exact) mass is 377 g/mol. The molecule has 4 rings (SSSR count). The van der Waals surface area contributed by atoms with Crippen molar-refractivity contribution in [3.8, 4) is 5.69 Å². The van der Waals surface area contributed by atoms with Crippen molar-refractivity contribution in [1.82, 2.24) is 25.1 Å². The van der Waals surface area contributed by atoms with Crippen molar-refractivity contribution in [2.45, 2.75) is 6.42 Å². The number of piperazine rings is 1. The van der Waals surface area contributed by atoms with Crippen molar-refractivity contribution in [3.63, 3.8) is 0 Å². The summed E-state index contributed by atoms with van der Waals surface area (Å²) in [5.74, 6) is -0.0308. The number of anilines is 2. The predicted octanol–water partition coefficient (Wildman–Crippen LogP) is 1.60. The molecule has 0 aliphatic carbocycles. The van der Waals surface area contributed by atoms with E-state index >= 15 is 0 Å². The van der Waals surface area contributed by atoms with Crippen LogP contribution in [-0.2, 0) is 11.2 Å². The minimum atomic E-state index is -0.0308. The molecule has 1 N–H and O–H groups in total. The van der Waals surface area contributed by atoms with Crippen molar-refractivity contribution in [2.75, 3.05) is 43.4 Å². The van der Waals surface area contributed by atoms with E-state index < -0.39 is 0 Å². The molecule has 0 spiro atoms. The van der Waals surface area contributed by atoms with Gasteiger partial charge in [0.05, 0.1) is 23.5 Å². The van der Waals surface area contributed by atoms with Crippen LogP contribution in [-0.4, -0.2) is 64.2 Å². The van der Waals surface area contributed by atoms with Gasteiger partial charge in [0.2, 0.25) is 5.91 Å². The van der Waals surface area contributed by atoms with Crippen LogP contribution in [0.4, 0.5) is 11.4 Å². The molecule has 1 aromatic heterocycles. The number of tetrazole rings is 1. The first-order valence-electron chi connectivity index (χ1n) is 9.34. The molecule has 0 saturated carbocycles. The van der Waals surface area contributed by atoms with Crippen LogP contribution in [0, 0.1) is 0 Å². The average Bonchev–Trinajstić information content (AvgIpc) is 3.24. The molecule has 1 fully saturated rings. The fourth-order valence-corrected chi connectivity index (χ4v) is 3.33. The van der Waals surface area contributed by atoms with E-state index in [1.165, 1.54) is 6.33 Å². The van der Waals surface area contributed by atoms with Crippen LogP contribution < -0.4 is 10.2 Å². The standard InChI is InChI=1S/C20H23N7O/c1-25-10-12-26(13-11-25)19-5-3-2-4-18(19)22-20(28)14-16-6-8-17(9-7-16)27-15-21-23-24-27/h2-9,15H,10-14H2,1H3,(H,22,28). The Hall–Kier alpha value is -3.26. The van der Waals surface area contributed by atoms with Crippen LogP contribution in [0.2, 0.25) is 0 Å². The van der Waals surface area contributed by atoms with Gasteiger partial charge in [-0.25, -0.2) is 4.68 Å². The SMILES string of the molecule is CN1CCN(c2ccccc2NC(=O)Cc2ccc(-n3cnnn3)cc2)CC1. The first kappa shape index (κ1) is 18.1. The first-order valence-corrected chi connectivity index (χ1v) is 9.34. The van der Waals surface area contributed by atoms with Crippen LogP contribution in [0.1, 0.15) is 5.56 Å². The quantitative estimate of drug-likeness (QED) is 0.728. The summed E-state index contributed by atoms with van der Waals surface area (Å²) < 4.78 is 1.58. The summed E-state index contributed by atoms with van der Waals surface area (Å²) in [5, 5.41) is 14.2. The van der Waals surface area contributed by atoms with E-state index in [4.69, 9.17) is 0 Å². The van der Waals surface area contributed by atoms with Crippen LogP contribution in [0.25, 0.3) is 5.69 Å². The molecule has 2 heterocycles. The number of likely N-dealkylation sites (N-methyl/N-ethyl adjacent to an activating group) is 1. The lowest BCUT2D eigenvalue weighted by Gasteiger charge is -2.35. The van der Waals surface area contributed by atoms with Gasteiger partial charge >= 0.3 is 0 Å². The molecule has 2 aromatic carbocycles. The Kier molecular flexibility index (Phi) is 5.29. The zero-order valence-corrected chi connectivity index (χ0v) is 15.8. The second-order valence-electron chi connectivity index (χ2n) is 6.95. The number of hydrogen-bond acceptors (Lipinski definition) is 6. The first-order chi connectivity index (χ1) is 13.7. The third-order valence-electron chi connectivity index (χ3n) is 4.94. The summed E-state index contributed by atoms with van der Waals surface area (Å²) in [6.45, 7) is 3.97. The van der Waals surface area contributed by atoms with Crippen molar-refractivity contribution in [2.24, 2.45) is 0 Å². The Bertz CT molecular complexity index is 916. The zero-order chi connectivity index (χ0) is 19.3. The molecule has 0 atom stereocenters. The van der Waals surface area contributed by atoms with Crippen molar-refractivity contribution < 1.29 is 4.79 Å². The van der Waals surface area contributed by atoms with E-state index in [0.717, 1.165) is 48.8 Å². The van der Waals surface area contributed by atoms with Gasteiger partial charge in [0.1, 0.15) is 6.33 Å². The lowest BCUT2D eigenvalue weighted by Crippen LogP contribution is -2.44. The third-order valence-corrected chi connectivity index (χ3v) is 4.94. The highest BCUT2D eigenvalue weighted by molar-refractivity contribution is 5.95. The van der Waals surface area contributed by atoms with E-state index in [0.29, 0.717) is 6.42 Å². The molecule has 1 aliphatic rings. The van der Waals surface area contributed by atoms with Gasteiger partial charge in [-0.05, 0) is 47.3 Å². The van der Waals surface area contributed by atoms with E-state index in [1.54, 1.807) is 4.68 Å². The predicted molar refractivity (Wildman–Crippen MR) is 108 cm³/mol. The number of rotatable bonds is 5. The van der Waals surface area contributed by atoms with Crippen molar-refractivity contribution in [3.05, 3.63) is 60.4 Å². The second-order valence-corrected chi connectivity index (χ2v) is 6.95. The molecular weight excluding hydrogens is 354 g/mol. The number of benzene rings is 2. The minimum Gasteiger partial charge on any atom is -0.367 e. The molecule has 3 aromatic rings. The molecule has 8 heteroatoms. The number of aromatic nitrogens is 4. The smallest absolute Gasteiger partial charge is 0.228 e. The van der Waals surface area contributed by atoms with Crippen LogP contribution in [0.15, 0.2) is 54.9 Å². The molecular formula is C20H23N7O. The van der Waals surface area contributed by atoms with E-state index in [1.807, 2.05) is 42.5 Å². The highest BCUT2D eigenvalue weighted by atomic mass is 16.1. The Morgan fingerprint density at radius 3 is 2.50 bits per heavy atom. The van der Waals surface area contributed by atoms with Crippen LogP contribution >= 0.6 is 0 Å². The summed E-state index contributed by atoms with van der Waals surface area (Å²) in [4.78, 5) is 17.3. The summed E-state index contributed by atoms with van der Waals surface area (Å²) in [7, 11) is 2.13. The molecule has 144 valence electrons. The fourth-order valence-electron chi connectivity index (χ4n) is 3.33. The number of nitrogens with zero attached hydrogens (tertiary/aromatic N) is 6. The number of carbonyl (C=O) groups is 1. The molecule has 28 heavy (non-hydrogen) atoms. The summed E-state index contributed by atoms with van der Waals surface area (Å²) in [6.07, 6.45) is 1.85. The Morgan fingerprint density at radius 2 is 1.79 bits per heavy atom. The fraction of sp³-hybridized carbons (Fsp3) is 0.300. The number of amides is 1. The number of nitrogens with one attached hydrogen (secondary N) is 1. The van der Waals surface area contributed by atoms with Crippen molar-refractivity contribution >= 4 is 17.3 Å². The Morgan fingerprint density at radius 1 is 1.04 bits per heavy atom. The molecule has 0 unspecified atom stereocenters. The van der Waals surface area contributed by atoms with Gasteiger partial charge in [-0.1, -0.05) is 24.3 Å². The summed E-state index contributed by atoms with van der Waals surface area (Å²) >= 11 is 0. The average molecular weight is 377 g/mol. The Balaban J connectivity index is 1.41. The highest BCUT2D eigenvalue weighted by Crippen LogP contribution is 2.26. The molecule has 8 nitrogen and oxygen atoms in total. The van der Waals surface area contributed by atoms with E-state index in [2.05, 4.69) is 43.8 Å². The Labute approximate surface area is 163 Å². The van der Waals surface area contributed by atoms with Crippen LogP contribution in [0.3, 0.4) is 0 Å². The van der Waals surface area contributed by atoms with Gasteiger partial charge in [-0.2, -0.15) is 0 Å². The van der Waals surface area contributed by atoms with E-state index in [9.17, 15) is 4.79 Å². The maximum absolute atomic E-state index is 12.6. The molecule has 0 radical (unpaired) electrons. The largest absolute Gasteiger partial charge is 0.367 e. The zero-order valence-electron chi connectivity index (χ0n) is 15.8. The van der Waals surface area contributed by atoms with Gasteiger partial charge in [0, 0.05) is 26.2 Å². The molecule has 1 amide bonds. The van der Waals surface area contributed by atoms with Gasteiger partial charge < -0.3 is 15.1 Å². The molecule has 0 bridgehead atoms. The van der Waals surface area contributed by atoms with Gasteiger partial charge in [0.15, 0.2) is 0 Å². The lowest BCUT2D eigenvalue weighted by atomic mass is 10.1. The topological polar surface area (TPSA) is 79.2 Å². The van der Waals surface area contributed by atoms with Crippen molar-refractivity contribution in [1.29, 1.82) is 0 Å². The lowest BCUT2D eigenvalue weighted by molar-refractivity contribution is -0.115. The molecule has 1 aliphatic heterocycles. The number of hydrogen-bond donors (Lipinski definition) is 1.